The zero-order chi connectivity index (χ0) is 18.1. The normalized spacial score (nSPS) is 11.5. The van der Waals surface area contributed by atoms with Gasteiger partial charge in [-0.25, -0.2) is 4.98 Å². The summed E-state index contributed by atoms with van der Waals surface area (Å²) in [5.41, 5.74) is 0.801. The molecule has 4 rings (SSSR count). The molecular weight excluding hydrogens is 368 g/mol. The van der Waals surface area contributed by atoms with Crippen LogP contribution in [0.25, 0.3) is 31.1 Å². The van der Waals surface area contributed by atoms with Crippen LogP contribution in [-0.4, -0.2) is 25.2 Å². The van der Waals surface area contributed by atoms with Gasteiger partial charge < -0.3 is 10.1 Å². The van der Waals surface area contributed by atoms with Crippen LogP contribution < -0.4 is 10.7 Å². The maximum absolute atomic E-state index is 13.3. The van der Waals surface area contributed by atoms with Gasteiger partial charge >= 0.3 is 0 Å². The lowest BCUT2D eigenvalue weighted by Crippen LogP contribution is -2.09. The molecule has 0 amide bonds. The highest BCUT2D eigenvalue weighted by Gasteiger charge is 2.15. The molecule has 0 fully saturated rings. The van der Waals surface area contributed by atoms with Crippen molar-refractivity contribution in [2.75, 3.05) is 25.6 Å². The average Bonchev–Trinajstić information content (AvgIpc) is 2.66. The summed E-state index contributed by atoms with van der Waals surface area (Å²) in [6.45, 7) is 1.41. The van der Waals surface area contributed by atoms with Gasteiger partial charge in [-0.05, 0) is 30.7 Å². The molecule has 0 atom stereocenters. The van der Waals surface area contributed by atoms with Crippen LogP contribution in [0, 0.1) is 0 Å². The first-order valence-electron chi connectivity index (χ1n) is 8.36. The van der Waals surface area contributed by atoms with Crippen molar-refractivity contribution in [1.82, 2.24) is 4.98 Å². The Labute approximate surface area is 159 Å². The largest absolute Gasteiger partial charge is 0.385 e. The summed E-state index contributed by atoms with van der Waals surface area (Å²) < 4.78 is 6.89. The van der Waals surface area contributed by atoms with Gasteiger partial charge in [0.2, 0.25) is 0 Å². The molecule has 0 aliphatic rings. The lowest BCUT2D eigenvalue weighted by molar-refractivity contribution is 0.198. The van der Waals surface area contributed by atoms with Crippen molar-refractivity contribution in [3.05, 3.63) is 57.7 Å². The molecule has 4 aromatic rings. The summed E-state index contributed by atoms with van der Waals surface area (Å²) in [5, 5.41) is 6.16. The molecule has 0 saturated heterocycles. The standard InChI is InChI=1S/C20H17ClN2O2S/c1-25-10-4-9-22-20-19-17(13-5-2-3-6-15(13)23-20)18(24)14-11-12(21)7-8-16(14)26-19/h2-3,5-8,11H,4,9-10H2,1H3,(H,22,23). The van der Waals surface area contributed by atoms with E-state index in [4.69, 9.17) is 21.3 Å². The van der Waals surface area contributed by atoms with Crippen molar-refractivity contribution in [3.63, 3.8) is 0 Å². The first-order chi connectivity index (χ1) is 12.7. The van der Waals surface area contributed by atoms with Crippen molar-refractivity contribution >= 4 is 59.8 Å². The van der Waals surface area contributed by atoms with E-state index >= 15 is 0 Å². The van der Waals surface area contributed by atoms with Crippen LogP contribution in [0.2, 0.25) is 5.02 Å². The van der Waals surface area contributed by atoms with Gasteiger partial charge in [0.05, 0.1) is 15.6 Å². The fourth-order valence-electron chi connectivity index (χ4n) is 3.08. The van der Waals surface area contributed by atoms with Crippen LogP contribution in [0.1, 0.15) is 6.42 Å². The van der Waals surface area contributed by atoms with Gasteiger partial charge in [-0.2, -0.15) is 0 Å². The summed E-state index contributed by atoms with van der Waals surface area (Å²) in [6.07, 6.45) is 0.866. The maximum atomic E-state index is 13.3. The van der Waals surface area contributed by atoms with Gasteiger partial charge in [0.1, 0.15) is 5.82 Å². The van der Waals surface area contributed by atoms with E-state index in [1.54, 1.807) is 24.5 Å². The number of halogens is 1. The third-order valence-corrected chi connectivity index (χ3v) is 5.70. The Balaban J connectivity index is 2.02. The first-order valence-corrected chi connectivity index (χ1v) is 9.56. The number of hydrogen-bond acceptors (Lipinski definition) is 5. The van der Waals surface area contributed by atoms with Crippen molar-refractivity contribution in [3.8, 4) is 0 Å². The van der Waals surface area contributed by atoms with Gasteiger partial charge in [-0.15, -0.1) is 11.3 Å². The number of nitrogens with zero attached hydrogens (tertiary/aromatic N) is 1. The van der Waals surface area contributed by atoms with E-state index in [0.29, 0.717) is 22.4 Å². The Morgan fingerprint density at radius 3 is 2.88 bits per heavy atom. The molecule has 1 N–H and O–H groups in total. The summed E-state index contributed by atoms with van der Waals surface area (Å²) >= 11 is 7.68. The molecule has 2 heterocycles. The molecule has 6 heteroatoms. The third kappa shape index (κ3) is 3.03. The number of ether oxygens (including phenoxy) is 1. The molecule has 26 heavy (non-hydrogen) atoms. The summed E-state index contributed by atoms with van der Waals surface area (Å²) in [7, 11) is 1.69. The van der Waals surface area contributed by atoms with Gasteiger partial charge in [0, 0.05) is 40.8 Å². The van der Waals surface area contributed by atoms with Crippen LogP contribution in [-0.2, 0) is 4.74 Å². The lowest BCUT2D eigenvalue weighted by Gasteiger charge is -2.12. The number of nitrogens with one attached hydrogen (secondary N) is 1. The molecular formula is C20H17ClN2O2S. The van der Waals surface area contributed by atoms with E-state index in [2.05, 4.69) is 5.32 Å². The highest BCUT2D eigenvalue weighted by molar-refractivity contribution is 7.25. The number of aromatic nitrogens is 1. The molecule has 0 saturated carbocycles. The zero-order valence-electron chi connectivity index (χ0n) is 14.2. The molecule has 0 aliphatic heterocycles. The Kier molecular flexibility index (Phi) is 4.76. The number of benzene rings is 2. The predicted molar refractivity (Wildman–Crippen MR) is 111 cm³/mol. The molecule has 2 aromatic carbocycles. The highest BCUT2D eigenvalue weighted by Crippen LogP contribution is 2.34. The molecule has 0 spiro atoms. The number of hydrogen-bond donors (Lipinski definition) is 1. The SMILES string of the molecule is COCCCNc1nc2ccccc2c2c(=O)c3cc(Cl)ccc3sc12. The Bertz CT molecular complexity index is 1170. The highest BCUT2D eigenvalue weighted by atomic mass is 35.5. The average molecular weight is 385 g/mol. The minimum atomic E-state index is -0.00482. The van der Waals surface area contributed by atoms with Gasteiger partial charge in [0.25, 0.3) is 0 Å². The number of fused-ring (bicyclic) bond motifs is 4. The van der Waals surface area contributed by atoms with Crippen molar-refractivity contribution in [2.45, 2.75) is 6.42 Å². The van der Waals surface area contributed by atoms with E-state index in [9.17, 15) is 4.79 Å². The van der Waals surface area contributed by atoms with Crippen LogP contribution in [0.5, 0.6) is 0 Å². The maximum Gasteiger partial charge on any atom is 0.196 e. The van der Waals surface area contributed by atoms with Crippen molar-refractivity contribution in [1.29, 1.82) is 0 Å². The zero-order valence-corrected chi connectivity index (χ0v) is 15.8. The Hall–Kier alpha value is -2.21. The van der Waals surface area contributed by atoms with E-state index in [1.165, 1.54) is 0 Å². The predicted octanol–water partition coefficient (Wildman–Crippen LogP) is 5.06. The molecule has 0 bridgehead atoms. The number of pyridine rings is 1. The smallest absolute Gasteiger partial charge is 0.196 e. The fraction of sp³-hybridized carbons (Fsp3) is 0.200. The third-order valence-electron chi connectivity index (χ3n) is 4.29. The molecule has 0 aliphatic carbocycles. The number of methoxy groups -OCH3 is 1. The molecule has 2 aromatic heterocycles. The van der Waals surface area contributed by atoms with E-state index < -0.39 is 0 Å². The minimum Gasteiger partial charge on any atom is -0.385 e. The molecule has 0 radical (unpaired) electrons. The molecule has 4 nitrogen and oxygen atoms in total. The fourth-order valence-corrected chi connectivity index (χ4v) is 4.38. The second-order valence-corrected chi connectivity index (χ2v) is 7.52. The van der Waals surface area contributed by atoms with Crippen LogP contribution in [0.3, 0.4) is 0 Å². The topological polar surface area (TPSA) is 51.2 Å². The van der Waals surface area contributed by atoms with Gasteiger partial charge in [-0.1, -0.05) is 29.8 Å². The number of anilines is 1. The lowest BCUT2D eigenvalue weighted by atomic mass is 10.1. The van der Waals surface area contributed by atoms with E-state index in [-0.39, 0.29) is 5.43 Å². The van der Waals surface area contributed by atoms with Crippen molar-refractivity contribution < 1.29 is 4.74 Å². The second kappa shape index (κ2) is 7.19. The summed E-state index contributed by atoms with van der Waals surface area (Å²) in [4.78, 5) is 18.0. The van der Waals surface area contributed by atoms with E-state index in [0.717, 1.165) is 39.1 Å². The van der Waals surface area contributed by atoms with Gasteiger partial charge in [-0.3, -0.25) is 4.79 Å². The quantitative estimate of drug-likeness (QED) is 0.296. The summed E-state index contributed by atoms with van der Waals surface area (Å²) in [6, 6.07) is 13.2. The number of rotatable bonds is 5. The van der Waals surface area contributed by atoms with Gasteiger partial charge in [0.15, 0.2) is 5.43 Å². The monoisotopic (exact) mass is 384 g/mol. The number of para-hydroxylation sites is 1. The van der Waals surface area contributed by atoms with Crippen LogP contribution in [0.15, 0.2) is 47.3 Å². The molecule has 132 valence electrons. The minimum absolute atomic E-state index is 0.00482. The van der Waals surface area contributed by atoms with Crippen LogP contribution in [0.4, 0.5) is 5.82 Å². The summed E-state index contributed by atoms with van der Waals surface area (Å²) in [5.74, 6) is 0.744. The van der Waals surface area contributed by atoms with Crippen LogP contribution >= 0.6 is 22.9 Å². The van der Waals surface area contributed by atoms with E-state index in [1.807, 2.05) is 36.4 Å². The Morgan fingerprint density at radius 1 is 1.19 bits per heavy atom. The second-order valence-electron chi connectivity index (χ2n) is 6.03. The van der Waals surface area contributed by atoms with Crippen molar-refractivity contribution in [2.24, 2.45) is 0 Å². The molecule has 0 unspecified atom stereocenters. The first kappa shape index (κ1) is 17.2. The Morgan fingerprint density at radius 2 is 2.04 bits per heavy atom.